The lowest BCUT2D eigenvalue weighted by atomic mass is 10.2. The van der Waals surface area contributed by atoms with Crippen molar-refractivity contribution >= 4 is 11.6 Å². The number of aryl methyl sites for hydroxylation is 1. The predicted molar refractivity (Wildman–Crippen MR) is 108 cm³/mol. The van der Waals surface area contributed by atoms with Crippen LogP contribution in [0.25, 0.3) is 11.4 Å². The normalized spacial score (nSPS) is 14.1. The molecule has 3 heterocycles. The summed E-state index contributed by atoms with van der Waals surface area (Å²) in [5.74, 6) is 1.95. The van der Waals surface area contributed by atoms with E-state index >= 15 is 0 Å². The fourth-order valence-electron chi connectivity index (χ4n) is 3.35. The summed E-state index contributed by atoms with van der Waals surface area (Å²) in [6.45, 7) is 3.03. The number of rotatable bonds is 6. The number of methoxy groups -OCH3 is 1. The Bertz CT molecular complexity index is 934. The Hall–Kier alpha value is -3.42. The highest BCUT2D eigenvalue weighted by Gasteiger charge is 2.22. The van der Waals surface area contributed by atoms with Gasteiger partial charge in [0.1, 0.15) is 5.75 Å². The zero-order valence-corrected chi connectivity index (χ0v) is 16.3. The molecule has 0 bridgehead atoms. The molecule has 29 heavy (non-hydrogen) atoms. The number of amides is 1. The maximum atomic E-state index is 12.6. The molecule has 1 saturated heterocycles. The average molecular weight is 393 g/mol. The van der Waals surface area contributed by atoms with Crippen LogP contribution in [0.3, 0.4) is 0 Å². The SMILES string of the molecule is COc1ccc(N2CCN(C(=O)CCc3nc(-c4ccncc4)no3)CC2)cc1. The highest BCUT2D eigenvalue weighted by molar-refractivity contribution is 5.76. The smallest absolute Gasteiger partial charge is 0.227 e. The molecule has 0 unspecified atom stereocenters. The summed E-state index contributed by atoms with van der Waals surface area (Å²) >= 11 is 0. The summed E-state index contributed by atoms with van der Waals surface area (Å²) in [4.78, 5) is 25.1. The van der Waals surface area contributed by atoms with Gasteiger partial charge < -0.3 is 19.1 Å². The van der Waals surface area contributed by atoms with E-state index in [4.69, 9.17) is 9.26 Å². The number of aromatic nitrogens is 3. The highest BCUT2D eigenvalue weighted by Crippen LogP contribution is 2.21. The third-order valence-corrected chi connectivity index (χ3v) is 5.03. The molecule has 0 atom stereocenters. The second-order valence-electron chi connectivity index (χ2n) is 6.81. The molecule has 1 aromatic carbocycles. The van der Waals surface area contributed by atoms with Crippen LogP contribution < -0.4 is 9.64 Å². The molecule has 1 aliphatic heterocycles. The molecule has 0 N–H and O–H groups in total. The van der Waals surface area contributed by atoms with E-state index in [2.05, 4.69) is 20.0 Å². The molecule has 1 fully saturated rings. The van der Waals surface area contributed by atoms with Gasteiger partial charge in [-0.1, -0.05) is 5.16 Å². The molecule has 8 heteroatoms. The number of carbonyl (C=O) groups excluding carboxylic acids is 1. The molecule has 150 valence electrons. The largest absolute Gasteiger partial charge is 0.497 e. The van der Waals surface area contributed by atoms with Gasteiger partial charge in [-0.3, -0.25) is 9.78 Å². The topological polar surface area (TPSA) is 84.6 Å². The molecule has 1 amide bonds. The number of piperazine rings is 1. The van der Waals surface area contributed by atoms with E-state index in [0.717, 1.165) is 30.1 Å². The molecular formula is C21H23N5O3. The van der Waals surface area contributed by atoms with Gasteiger partial charge in [0.2, 0.25) is 17.6 Å². The molecule has 0 spiro atoms. The van der Waals surface area contributed by atoms with E-state index in [9.17, 15) is 4.79 Å². The third kappa shape index (κ3) is 4.53. The molecule has 0 saturated carbocycles. The van der Waals surface area contributed by atoms with Gasteiger partial charge in [0, 0.05) is 62.7 Å². The van der Waals surface area contributed by atoms with Crippen molar-refractivity contribution in [1.82, 2.24) is 20.0 Å². The molecule has 1 aliphatic rings. The van der Waals surface area contributed by atoms with Crippen molar-refractivity contribution in [2.45, 2.75) is 12.8 Å². The molecular weight excluding hydrogens is 370 g/mol. The average Bonchev–Trinajstić information content (AvgIpc) is 3.27. The number of pyridine rings is 1. The van der Waals surface area contributed by atoms with Crippen LogP contribution in [-0.2, 0) is 11.2 Å². The lowest BCUT2D eigenvalue weighted by molar-refractivity contribution is -0.131. The van der Waals surface area contributed by atoms with Gasteiger partial charge in [0.25, 0.3) is 0 Å². The number of carbonyl (C=O) groups is 1. The van der Waals surface area contributed by atoms with Gasteiger partial charge in [-0.05, 0) is 36.4 Å². The lowest BCUT2D eigenvalue weighted by Gasteiger charge is -2.36. The van der Waals surface area contributed by atoms with E-state index in [0.29, 0.717) is 37.6 Å². The second-order valence-corrected chi connectivity index (χ2v) is 6.81. The second kappa shape index (κ2) is 8.72. The van der Waals surface area contributed by atoms with Crippen molar-refractivity contribution in [2.24, 2.45) is 0 Å². The zero-order valence-electron chi connectivity index (χ0n) is 16.3. The molecule has 2 aromatic heterocycles. The molecule has 0 aliphatic carbocycles. The quantitative estimate of drug-likeness (QED) is 0.636. The van der Waals surface area contributed by atoms with E-state index in [1.807, 2.05) is 41.3 Å². The Morgan fingerprint density at radius 3 is 2.48 bits per heavy atom. The van der Waals surface area contributed by atoms with Gasteiger partial charge in [0.05, 0.1) is 7.11 Å². The molecule has 4 rings (SSSR count). The molecule has 8 nitrogen and oxygen atoms in total. The van der Waals surface area contributed by atoms with E-state index in [1.165, 1.54) is 0 Å². The summed E-state index contributed by atoms with van der Waals surface area (Å²) in [5, 5.41) is 3.98. The third-order valence-electron chi connectivity index (χ3n) is 5.03. The Balaban J connectivity index is 1.26. The minimum absolute atomic E-state index is 0.114. The predicted octanol–water partition coefficient (Wildman–Crippen LogP) is 2.42. The summed E-state index contributed by atoms with van der Waals surface area (Å²) < 4.78 is 10.5. The maximum Gasteiger partial charge on any atom is 0.227 e. The molecule has 3 aromatic rings. The van der Waals surface area contributed by atoms with Crippen molar-refractivity contribution in [3.05, 3.63) is 54.7 Å². The van der Waals surface area contributed by atoms with Crippen LogP contribution >= 0.6 is 0 Å². The number of hydrogen-bond acceptors (Lipinski definition) is 7. The Morgan fingerprint density at radius 1 is 1.07 bits per heavy atom. The van der Waals surface area contributed by atoms with Crippen LogP contribution in [0, 0.1) is 0 Å². The minimum Gasteiger partial charge on any atom is -0.497 e. The number of benzene rings is 1. The van der Waals surface area contributed by atoms with Gasteiger partial charge >= 0.3 is 0 Å². The van der Waals surface area contributed by atoms with E-state index < -0.39 is 0 Å². The zero-order chi connectivity index (χ0) is 20.1. The van der Waals surface area contributed by atoms with Crippen molar-refractivity contribution in [1.29, 1.82) is 0 Å². The Labute approximate surface area is 169 Å². The first-order chi connectivity index (χ1) is 14.2. The number of nitrogens with zero attached hydrogens (tertiary/aromatic N) is 5. The first kappa shape index (κ1) is 18.9. The number of hydrogen-bond donors (Lipinski definition) is 0. The maximum absolute atomic E-state index is 12.6. The van der Waals surface area contributed by atoms with Crippen molar-refractivity contribution in [3.63, 3.8) is 0 Å². The summed E-state index contributed by atoms with van der Waals surface area (Å²) in [6, 6.07) is 11.7. The summed E-state index contributed by atoms with van der Waals surface area (Å²) in [5.41, 5.74) is 1.99. The number of ether oxygens (including phenoxy) is 1. The molecule has 0 radical (unpaired) electrons. The highest BCUT2D eigenvalue weighted by atomic mass is 16.5. The van der Waals surface area contributed by atoms with Gasteiger partial charge in [0.15, 0.2) is 0 Å². The standard InChI is InChI=1S/C21H23N5O3/c1-28-18-4-2-17(3-5-18)25-12-14-26(15-13-25)20(27)7-6-19-23-21(24-29-19)16-8-10-22-11-9-16/h2-5,8-11H,6-7,12-15H2,1H3. The number of anilines is 1. The Kier molecular flexibility index (Phi) is 5.69. The lowest BCUT2D eigenvalue weighted by Crippen LogP contribution is -2.48. The van der Waals surface area contributed by atoms with Crippen LogP contribution in [0.15, 0.2) is 53.3 Å². The van der Waals surface area contributed by atoms with Crippen LogP contribution in [-0.4, -0.2) is 59.2 Å². The van der Waals surface area contributed by atoms with E-state index in [-0.39, 0.29) is 5.91 Å². The monoisotopic (exact) mass is 393 g/mol. The summed E-state index contributed by atoms with van der Waals surface area (Å²) in [7, 11) is 1.66. The van der Waals surface area contributed by atoms with Crippen molar-refractivity contribution in [2.75, 3.05) is 38.2 Å². The van der Waals surface area contributed by atoms with Gasteiger partial charge in [-0.25, -0.2) is 0 Å². The van der Waals surface area contributed by atoms with Gasteiger partial charge in [-0.15, -0.1) is 0 Å². The fraction of sp³-hybridized carbons (Fsp3) is 0.333. The van der Waals surface area contributed by atoms with Crippen LogP contribution in [0.1, 0.15) is 12.3 Å². The first-order valence-corrected chi connectivity index (χ1v) is 9.63. The minimum atomic E-state index is 0.114. The Morgan fingerprint density at radius 2 is 1.79 bits per heavy atom. The van der Waals surface area contributed by atoms with Crippen LogP contribution in [0.5, 0.6) is 5.75 Å². The van der Waals surface area contributed by atoms with Crippen LogP contribution in [0.4, 0.5) is 5.69 Å². The van der Waals surface area contributed by atoms with Gasteiger partial charge in [-0.2, -0.15) is 4.98 Å². The van der Waals surface area contributed by atoms with E-state index in [1.54, 1.807) is 19.5 Å². The van der Waals surface area contributed by atoms with Crippen molar-refractivity contribution < 1.29 is 14.1 Å². The fourth-order valence-corrected chi connectivity index (χ4v) is 3.35. The van der Waals surface area contributed by atoms with Crippen molar-refractivity contribution in [3.8, 4) is 17.1 Å². The summed E-state index contributed by atoms with van der Waals surface area (Å²) in [6.07, 6.45) is 4.16. The van der Waals surface area contributed by atoms with Crippen LogP contribution in [0.2, 0.25) is 0 Å². The first-order valence-electron chi connectivity index (χ1n) is 9.63.